The molecule has 0 bridgehead atoms. The highest BCUT2D eigenvalue weighted by molar-refractivity contribution is 5.95. The second kappa shape index (κ2) is 12.0. The highest BCUT2D eigenvalue weighted by Gasteiger charge is 2.19. The van der Waals surface area contributed by atoms with E-state index in [4.69, 9.17) is 4.74 Å². The zero-order chi connectivity index (χ0) is 17.1. The number of ketones is 1. The second-order valence-electron chi connectivity index (χ2n) is 6.65. The highest BCUT2D eigenvalue weighted by atomic mass is 35.5. The molecule has 4 heteroatoms. The zero-order valence-electron chi connectivity index (χ0n) is 15.1. The number of nitrogens with one attached hydrogen (secondary N) is 1. The Hall–Kier alpha value is -1.42. The van der Waals surface area contributed by atoms with E-state index in [1.54, 1.807) is 0 Å². The van der Waals surface area contributed by atoms with Crippen LogP contribution >= 0.6 is 12.4 Å². The van der Waals surface area contributed by atoms with E-state index < -0.39 is 0 Å². The number of hydrogen-bond acceptors (Lipinski definition) is 3. The van der Waals surface area contributed by atoms with Gasteiger partial charge in [-0.1, -0.05) is 61.6 Å². The molecule has 0 aromatic heterocycles. The number of Topliss-reactive ketones (excluding diaryl/α,β-unsaturated/α-hetero) is 1. The Bertz CT molecular complexity index is 556. The van der Waals surface area contributed by atoms with Crippen molar-refractivity contribution >= 4 is 18.2 Å². The molecule has 0 saturated heterocycles. The zero-order valence-corrected chi connectivity index (χ0v) is 15.9. The quantitative estimate of drug-likeness (QED) is 0.461. The molecule has 1 N–H and O–H groups in total. The van der Waals surface area contributed by atoms with Gasteiger partial charge in [-0.15, -0.1) is 12.4 Å². The minimum atomic E-state index is 0. The van der Waals surface area contributed by atoms with Crippen LogP contribution in [0.5, 0.6) is 0 Å². The first-order valence-electron chi connectivity index (χ1n) is 8.91. The molecule has 1 aromatic carbocycles. The number of carbonyl (C=O) groups is 1. The maximum Gasteiger partial charge on any atom is 0.162 e. The maximum atomic E-state index is 11.9. The fourth-order valence-electron chi connectivity index (χ4n) is 2.81. The third-order valence-corrected chi connectivity index (χ3v) is 4.41. The predicted octanol–water partition coefficient (Wildman–Crippen LogP) is 4.59. The average molecular weight is 364 g/mol. The summed E-state index contributed by atoms with van der Waals surface area (Å²) in [6, 6.07) is 9.45. The molecule has 0 aliphatic heterocycles. The van der Waals surface area contributed by atoms with Crippen molar-refractivity contribution in [1.82, 2.24) is 5.32 Å². The molecule has 0 spiro atoms. The number of halogens is 1. The molecular weight excluding hydrogens is 334 g/mol. The van der Waals surface area contributed by atoms with Gasteiger partial charge < -0.3 is 10.1 Å². The van der Waals surface area contributed by atoms with E-state index in [0.717, 1.165) is 37.9 Å². The standard InChI is InChI=1S/C21H29NO2.ClH/c1-21(12-6-3-7-13-21)14-15-22-16-18-24-17-8-11-20(23)19-9-4-2-5-10-19;/h2-7,9-10,12,22H,8,11,13-18H2,1H3;1H. The van der Waals surface area contributed by atoms with E-state index in [1.165, 1.54) is 0 Å². The number of carbonyl (C=O) groups excluding carboxylic acids is 1. The lowest BCUT2D eigenvalue weighted by Crippen LogP contribution is -2.26. The number of allylic oxidation sites excluding steroid dienone is 4. The van der Waals surface area contributed by atoms with E-state index in [9.17, 15) is 4.79 Å². The van der Waals surface area contributed by atoms with Gasteiger partial charge in [0.25, 0.3) is 0 Å². The van der Waals surface area contributed by atoms with Gasteiger partial charge in [0.2, 0.25) is 0 Å². The summed E-state index contributed by atoms with van der Waals surface area (Å²) in [6.45, 7) is 5.51. The summed E-state index contributed by atoms with van der Waals surface area (Å²) >= 11 is 0. The largest absolute Gasteiger partial charge is 0.380 e. The minimum Gasteiger partial charge on any atom is -0.380 e. The molecule has 3 nitrogen and oxygen atoms in total. The minimum absolute atomic E-state index is 0. The van der Waals surface area contributed by atoms with Crippen molar-refractivity contribution in [2.45, 2.75) is 32.6 Å². The van der Waals surface area contributed by atoms with Crippen LogP contribution in [-0.4, -0.2) is 32.1 Å². The lowest BCUT2D eigenvalue weighted by atomic mass is 9.81. The fraction of sp³-hybridized carbons (Fsp3) is 0.476. The van der Waals surface area contributed by atoms with Gasteiger partial charge in [0, 0.05) is 25.1 Å². The molecule has 1 atom stereocenters. The second-order valence-corrected chi connectivity index (χ2v) is 6.65. The summed E-state index contributed by atoms with van der Waals surface area (Å²) in [5.41, 5.74) is 1.08. The van der Waals surface area contributed by atoms with Crippen LogP contribution in [0.3, 0.4) is 0 Å². The molecule has 0 heterocycles. The topological polar surface area (TPSA) is 38.3 Å². The molecule has 0 amide bonds. The normalized spacial score (nSPS) is 18.8. The third-order valence-electron chi connectivity index (χ3n) is 4.41. The Morgan fingerprint density at radius 2 is 1.96 bits per heavy atom. The molecule has 1 unspecified atom stereocenters. The first kappa shape index (κ1) is 21.6. The van der Waals surface area contributed by atoms with Gasteiger partial charge in [0.05, 0.1) is 6.61 Å². The SMILES string of the molecule is CC1(CCNCCOCCCC(=O)c2ccccc2)C=CC=CC1.Cl. The van der Waals surface area contributed by atoms with Gasteiger partial charge in [0.1, 0.15) is 0 Å². The number of ether oxygens (including phenoxy) is 1. The average Bonchev–Trinajstić information content (AvgIpc) is 2.61. The van der Waals surface area contributed by atoms with E-state index in [1.807, 2.05) is 30.3 Å². The molecule has 1 aromatic rings. The van der Waals surface area contributed by atoms with Gasteiger partial charge in [-0.25, -0.2) is 0 Å². The van der Waals surface area contributed by atoms with Crippen molar-refractivity contribution in [3.05, 3.63) is 60.2 Å². The molecule has 1 aliphatic rings. The molecular formula is C21H30ClNO2. The summed E-state index contributed by atoms with van der Waals surface area (Å²) in [5.74, 6) is 0.195. The molecule has 0 saturated carbocycles. The fourth-order valence-corrected chi connectivity index (χ4v) is 2.81. The van der Waals surface area contributed by atoms with Crippen molar-refractivity contribution in [3.8, 4) is 0 Å². The van der Waals surface area contributed by atoms with Crippen LogP contribution in [0.4, 0.5) is 0 Å². The molecule has 1 aliphatic carbocycles. The first-order chi connectivity index (χ1) is 11.7. The monoisotopic (exact) mass is 363 g/mol. The van der Waals surface area contributed by atoms with Crippen LogP contribution < -0.4 is 5.32 Å². The van der Waals surface area contributed by atoms with Crippen LogP contribution in [0.2, 0.25) is 0 Å². The summed E-state index contributed by atoms with van der Waals surface area (Å²) in [4.78, 5) is 11.9. The number of rotatable bonds is 11. The van der Waals surface area contributed by atoms with Crippen molar-refractivity contribution in [3.63, 3.8) is 0 Å². The van der Waals surface area contributed by atoms with E-state index in [-0.39, 0.29) is 18.2 Å². The molecule has 0 fully saturated rings. The lowest BCUT2D eigenvalue weighted by molar-refractivity contribution is 0.0939. The Morgan fingerprint density at radius 1 is 1.16 bits per heavy atom. The lowest BCUT2D eigenvalue weighted by Gasteiger charge is -2.26. The van der Waals surface area contributed by atoms with Gasteiger partial charge in [0.15, 0.2) is 5.78 Å². The third kappa shape index (κ3) is 8.48. The van der Waals surface area contributed by atoms with Crippen LogP contribution in [0, 0.1) is 5.41 Å². The van der Waals surface area contributed by atoms with E-state index >= 15 is 0 Å². The predicted molar refractivity (Wildman–Crippen MR) is 107 cm³/mol. The van der Waals surface area contributed by atoms with Crippen molar-refractivity contribution in [2.75, 3.05) is 26.3 Å². The molecule has 138 valence electrons. The van der Waals surface area contributed by atoms with Gasteiger partial charge >= 0.3 is 0 Å². The van der Waals surface area contributed by atoms with Gasteiger partial charge in [-0.3, -0.25) is 4.79 Å². The van der Waals surface area contributed by atoms with E-state index in [0.29, 0.717) is 25.0 Å². The summed E-state index contributed by atoms with van der Waals surface area (Å²) in [5, 5.41) is 3.43. The van der Waals surface area contributed by atoms with Gasteiger partial charge in [-0.2, -0.15) is 0 Å². The number of benzene rings is 1. The Balaban J connectivity index is 0.00000312. The smallest absolute Gasteiger partial charge is 0.162 e. The van der Waals surface area contributed by atoms with Crippen molar-refractivity contribution < 1.29 is 9.53 Å². The van der Waals surface area contributed by atoms with Crippen LogP contribution in [0.1, 0.15) is 43.0 Å². The Morgan fingerprint density at radius 3 is 2.68 bits per heavy atom. The summed E-state index contributed by atoms with van der Waals surface area (Å²) < 4.78 is 5.60. The maximum absolute atomic E-state index is 11.9. The molecule has 2 rings (SSSR count). The van der Waals surface area contributed by atoms with Crippen LogP contribution in [0.25, 0.3) is 0 Å². The van der Waals surface area contributed by atoms with E-state index in [2.05, 4.69) is 36.5 Å². The summed E-state index contributed by atoms with van der Waals surface area (Å²) in [7, 11) is 0. The highest BCUT2D eigenvalue weighted by Crippen LogP contribution is 2.30. The number of hydrogen-bond donors (Lipinski definition) is 1. The van der Waals surface area contributed by atoms with Crippen molar-refractivity contribution in [1.29, 1.82) is 0 Å². The van der Waals surface area contributed by atoms with Crippen molar-refractivity contribution in [2.24, 2.45) is 5.41 Å². The first-order valence-corrected chi connectivity index (χ1v) is 8.91. The van der Waals surface area contributed by atoms with Gasteiger partial charge in [-0.05, 0) is 31.2 Å². The molecule has 0 radical (unpaired) electrons. The van der Waals surface area contributed by atoms with Crippen LogP contribution in [-0.2, 0) is 4.74 Å². The Labute approximate surface area is 157 Å². The summed E-state index contributed by atoms with van der Waals surface area (Å²) in [6.07, 6.45) is 12.4. The molecule has 25 heavy (non-hydrogen) atoms. The van der Waals surface area contributed by atoms with Crippen LogP contribution in [0.15, 0.2) is 54.6 Å². The Kier molecular flexibility index (Phi) is 10.4.